The molecular formula is C12H16BrN. The van der Waals surface area contributed by atoms with Gasteiger partial charge < -0.3 is 5.32 Å². The third-order valence-electron chi connectivity index (χ3n) is 2.89. The third-order valence-corrected chi connectivity index (χ3v) is 3.38. The van der Waals surface area contributed by atoms with Gasteiger partial charge >= 0.3 is 0 Å². The molecule has 0 saturated heterocycles. The van der Waals surface area contributed by atoms with E-state index >= 15 is 0 Å². The van der Waals surface area contributed by atoms with Crippen molar-refractivity contribution in [2.45, 2.75) is 32.2 Å². The number of fused-ring (bicyclic) bond motifs is 1. The SMILES string of the molecule is CCNC1CCc2ccc(Br)cc2C1. The summed E-state index contributed by atoms with van der Waals surface area (Å²) in [6.45, 7) is 3.25. The van der Waals surface area contributed by atoms with E-state index in [0.717, 1.165) is 6.54 Å². The Hall–Kier alpha value is -0.340. The minimum absolute atomic E-state index is 0.682. The fourth-order valence-electron chi connectivity index (χ4n) is 2.19. The second-order valence-corrected chi connectivity index (χ2v) is 4.83. The maximum Gasteiger partial charge on any atom is 0.0178 e. The van der Waals surface area contributed by atoms with Crippen molar-refractivity contribution in [3.05, 3.63) is 33.8 Å². The molecule has 0 bridgehead atoms. The lowest BCUT2D eigenvalue weighted by Gasteiger charge is -2.25. The molecule has 0 fully saturated rings. The maximum atomic E-state index is 3.53. The first-order chi connectivity index (χ1) is 6.79. The zero-order chi connectivity index (χ0) is 9.97. The lowest BCUT2D eigenvalue weighted by molar-refractivity contribution is 0.470. The first kappa shape index (κ1) is 10.2. The van der Waals surface area contributed by atoms with E-state index in [1.54, 1.807) is 0 Å². The first-order valence-corrected chi connectivity index (χ1v) is 6.09. The lowest BCUT2D eigenvalue weighted by Crippen LogP contribution is -2.34. The summed E-state index contributed by atoms with van der Waals surface area (Å²) in [7, 11) is 0. The highest BCUT2D eigenvalue weighted by molar-refractivity contribution is 9.10. The lowest BCUT2D eigenvalue weighted by atomic mass is 9.88. The van der Waals surface area contributed by atoms with Gasteiger partial charge in [0, 0.05) is 10.5 Å². The summed E-state index contributed by atoms with van der Waals surface area (Å²) in [5.74, 6) is 0. The van der Waals surface area contributed by atoms with Gasteiger partial charge in [0.15, 0.2) is 0 Å². The first-order valence-electron chi connectivity index (χ1n) is 5.30. The van der Waals surface area contributed by atoms with Gasteiger partial charge in [0.25, 0.3) is 0 Å². The van der Waals surface area contributed by atoms with Gasteiger partial charge in [-0.15, -0.1) is 0 Å². The number of nitrogens with one attached hydrogen (secondary N) is 1. The standard InChI is InChI=1S/C12H16BrN/c1-2-14-12-6-4-9-3-5-11(13)7-10(9)8-12/h3,5,7,12,14H,2,4,6,8H2,1H3. The molecule has 0 aliphatic heterocycles. The van der Waals surface area contributed by atoms with Crippen LogP contribution in [-0.4, -0.2) is 12.6 Å². The van der Waals surface area contributed by atoms with Crippen LogP contribution in [0.5, 0.6) is 0 Å². The van der Waals surface area contributed by atoms with E-state index in [1.807, 2.05) is 0 Å². The Kier molecular flexibility index (Phi) is 3.24. The van der Waals surface area contributed by atoms with Crippen LogP contribution in [0.3, 0.4) is 0 Å². The van der Waals surface area contributed by atoms with Crippen molar-refractivity contribution in [2.24, 2.45) is 0 Å². The largest absolute Gasteiger partial charge is 0.314 e. The molecule has 0 saturated carbocycles. The number of benzene rings is 1. The van der Waals surface area contributed by atoms with Crippen molar-refractivity contribution >= 4 is 15.9 Å². The Balaban J connectivity index is 2.16. The van der Waals surface area contributed by atoms with E-state index in [9.17, 15) is 0 Å². The van der Waals surface area contributed by atoms with Gasteiger partial charge in [-0.25, -0.2) is 0 Å². The van der Waals surface area contributed by atoms with Gasteiger partial charge in [-0.2, -0.15) is 0 Å². The summed E-state index contributed by atoms with van der Waals surface area (Å²) in [6.07, 6.45) is 3.69. The van der Waals surface area contributed by atoms with Crippen LogP contribution >= 0.6 is 15.9 Å². The normalized spacial score (nSPS) is 20.6. The van der Waals surface area contributed by atoms with E-state index in [2.05, 4.69) is 46.4 Å². The molecule has 1 atom stereocenters. The Labute approximate surface area is 94.0 Å². The molecular weight excluding hydrogens is 238 g/mol. The Bertz CT molecular complexity index is 322. The van der Waals surface area contributed by atoms with Gasteiger partial charge in [0.05, 0.1) is 0 Å². The van der Waals surface area contributed by atoms with Crippen molar-refractivity contribution in [3.63, 3.8) is 0 Å². The molecule has 1 N–H and O–H groups in total. The molecule has 1 nitrogen and oxygen atoms in total. The van der Waals surface area contributed by atoms with Crippen LogP contribution in [0, 0.1) is 0 Å². The molecule has 2 heteroatoms. The van der Waals surface area contributed by atoms with E-state index < -0.39 is 0 Å². The molecule has 0 radical (unpaired) electrons. The molecule has 2 rings (SSSR count). The van der Waals surface area contributed by atoms with Crippen LogP contribution < -0.4 is 5.32 Å². The predicted molar refractivity (Wildman–Crippen MR) is 63.6 cm³/mol. The van der Waals surface area contributed by atoms with Gasteiger partial charge in [-0.1, -0.05) is 28.9 Å². The average molecular weight is 254 g/mol. The number of halogens is 1. The quantitative estimate of drug-likeness (QED) is 0.855. The molecule has 1 aliphatic rings. The van der Waals surface area contributed by atoms with Crippen LogP contribution in [0.2, 0.25) is 0 Å². The average Bonchev–Trinajstić information content (AvgIpc) is 2.17. The zero-order valence-electron chi connectivity index (χ0n) is 8.52. The van der Waals surface area contributed by atoms with Gasteiger partial charge in [0.2, 0.25) is 0 Å². The Morgan fingerprint density at radius 1 is 1.43 bits per heavy atom. The molecule has 1 unspecified atom stereocenters. The maximum absolute atomic E-state index is 3.53. The predicted octanol–water partition coefficient (Wildman–Crippen LogP) is 2.92. The van der Waals surface area contributed by atoms with Gasteiger partial charge in [0.1, 0.15) is 0 Å². The molecule has 76 valence electrons. The summed E-state index contributed by atoms with van der Waals surface area (Å²) in [6, 6.07) is 7.34. The molecule has 0 heterocycles. The van der Waals surface area contributed by atoms with E-state index in [4.69, 9.17) is 0 Å². The second kappa shape index (κ2) is 4.45. The van der Waals surface area contributed by atoms with E-state index in [-0.39, 0.29) is 0 Å². The van der Waals surface area contributed by atoms with Crippen LogP contribution in [0.25, 0.3) is 0 Å². The molecule has 0 amide bonds. The Morgan fingerprint density at radius 3 is 3.07 bits per heavy atom. The summed E-state index contributed by atoms with van der Waals surface area (Å²) in [4.78, 5) is 0. The van der Waals surface area contributed by atoms with Crippen LogP contribution in [0.15, 0.2) is 22.7 Å². The number of likely N-dealkylation sites (N-methyl/N-ethyl adjacent to an activating group) is 1. The molecule has 0 spiro atoms. The molecule has 0 aromatic heterocycles. The van der Waals surface area contributed by atoms with Gasteiger partial charge in [-0.3, -0.25) is 0 Å². The second-order valence-electron chi connectivity index (χ2n) is 3.91. The summed E-state index contributed by atoms with van der Waals surface area (Å²) < 4.78 is 1.20. The summed E-state index contributed by atoms with van der Waals surface area (Å²) >= 11 is 3.53. The summed E-state index contributed by atoms with van der Waals surface area (Å²) in [5, 5.41) is 3.53. The van der Waals surface area contributed by atoms with E-state index in [0.29, 0.717) is 6.04 Å². The Morgan fingerprint density at radius 2 is 2.29 bits per heavy atom. The minimum Gasteiger partial charge on any atom is -0.314 e. The smallest absolute Gasteiger partial charge is 0.0178 e. The van der Waals surface area contributed by atoms with Crippen LogP contribution in [0.4, 0.5) is 0 Å². The van der Waals surface area contributed by atoms with Crippen LogP contribution in [0.1, 0.15) is 24.5 Å². The van der Waals surface area contributed by atoms with E-state index in [1.165, 1.54) is 34.9 Å². The summed E-state index contributed by atoms with van der Waals surface area (Å²) in [5.41, 5.74) is 3.04. The monoisotopic (exact) mass is 253 g/mol. The number of hydrogen-bond acceptors (Lipinski definition) is 1. The highest BCUT2D eigenvalue weighted by atomic mass is 79.9. The van der Waals surface area contributed by atoms with Crippen molar-refractivity contribution < 1.29 is 0 Å². The zero-order valence-corrected chi connectivity index (χ0v) is 10.1. The molecule has 1 aliphatic carbocycles. The third kappa shape index (κ3) is 2.18. The number of aryl methyl sites for hydroxylation is 1. The van der Waals surface area contributed by atoms with Crippen molar-refractivity contribution in [3.8, 4) is 0 Å². The topological polar surface area (TPSA) is 12.0 Å². The molecule has 1 aromatic rings. The van der Waals surface area contributed by atoms with Crippen molar-refractivity contribution in [1.82, 2.24) is 5.32 Å². The van der Waals surface area contributed by atoms with Crippen molar-refractivity contribution in [2.75, 3.05) is 6.54 Å². The molecule has 1 aromatic carbocycles. The number of hydrogen-bond donors (Lipinski definition) is 1. The highest BCUT2D eigenvalue weighted by Gasteiger charge is 2.17. The fourth-order valence-corrected chi connectivity index (χ4v) is 2.60. The number of rotatable bonds is 2. The minimum atomic E-state index is 0.682. The molecule has 14 heavy (non-hydrogen) atoms. The van der Waals surface area contributed by atoms with Crippen LogP contribution in [-0.2, 0) is 12.8 Å². The highest BCUT2D eigenvalue weighted by Crippen LogP contribution is 2.24. The van der Waals surface area contributed by atoms with Crippen molar-refractivity contribution in [1.29, 1.82) is 0 Å². The fraction of sp³-hybridized carbons (Fsp3) is 0.500. The van der Waals surface area contributed by atoms with Gasteiger partial charge in [-0.05, 0) is 49.1 Å².